The SMILES string of the molecule is CC(C)c1ccccc1.CCCCc1ccccc1. The zero-order valence-corrected chi connectivity index (χ0v) is 12.5. The van der Waals surface area contributed by atoms with E-state index in [2.05, 4.69) is 75.4 Å². The van der Waals surface area contributed by atoms with Gasteiger partial charge in [0.15, 0.2) is 0 Å². The second-order valence-electron chi connectivity index (χ2n) is 5.15. The van der Waals surface area contributed by atoms with Crippen LogP contribution in [0, 0.1) is 0 Å². The molecule has 0 bridgehead atoms. The van der Waals surface area contributed by atoms with Crippen LogP contribution in [0.4, 0.5) is 0 Å². The Balaban J connectivity index is 0.000000191. The van der Waals surface area contributed by atoms with Gasteiger partial charge in [-0.3, -0.25) is 0 Å². The Morgan fingerprint density at radius 3 is 1.74 bits per heavy atom. The smallest absolute Gasteiger partial charge is 0.0219 e. The third-order valence-electron chi connectivity index (χ3n) is 3.13. The first-order chi connectivity index (χ1) is 9.24. The normalized spacial score (nSPS) is 9.89. The highest BCUT2D eigenvalue weighted by Gasteiger charge is 1.93. The second kappa shape index (κ2) is 9.38. The molecule has 0 amide bonds. The van der Waals surface area contributed by atoms with Crippen LogP contribution in [-0.2, 0) is 6.42 Å². The molecular formula is C19H26. The maximum absolute atomic E-state index is 2.23. The minimum Gasteiger partial charge on any atom is -0.0654 e. The molecule has 0 aliphatic rings. The number of hydrogen-bond acceptors (Lipinski definition) is 0. The fraction of sp³-hybridized carbons (Fsp3) is 0.368. The number of aryl methyl sites for hydroxylation is 1. The van der Waals surface area contributed by atoms with Gasteiger partial charge < -0.3 is 0 Å². The van der Waals surface area contributed by atoms with E-state index >= 15 is 0 Å². The summed E-state index contributed by atoms with van der Waals surface area (Å²) in [6, 6.07) is 21.2. The van der Waals surface area contributed by atoms with Crippen molar-refractivity contribution in [3.63, 3.8) is 0 Å². The van der Waals surface area contributed by atoms with E-state index in [1.165, 1.54) is 30.4 Å². The van der Waals surface area contributed by atoms with Crippen LogP contribution < -0.4 is 0 Å². The lowest BCUT2D eigenvalue weighted by atomic mass is 10.0. The zero-order valence-electron chi connectivity index (χ0n) is 12.5. The minimum absolute atomic E-state index is 0.659. The molecule has 2 aromatic rings. The van der Waals surface area contributed by atoms with Crippen molar-refractivity contribution < 1.29 is 0 Å². The van der Waals surface area contributed by atoms with Crippen LogP contribution in [0.15, 0.2) is 60.7 Å². The van der Waals surface area contributed by atoms with Crippen molar-refractivity contribution in [2.75, 3.05) is 0 Å². The van der Waals surface area contributed by atoms with Gasteiger partial charge in [-0.15, -0.1) is 0 Å². The molecule has 0 unspecified atom stereocenters. The van der Waals surface area contributed by atoms with Crippen LogP contribution >= 0.6 is 0 Å². The first-order valence-corrected chi connectivity index (χ1v) is 7.33. The molecule has 0 aliphatic carbocycles. The average molecular weight is 254 g/mol. The van der Waals surface area contributed by atoms with E-state index in [-0.39, 0.29) is 0 Å². The van der Waals surface area contributed by atoms with E-state index in [1.54, 1.807) is 0 Å². The van der Waals surface area contributed by atoms with Crippen LogP contribution in [0.1, 0.15) is 50.7 Å². The van der Waals surface area contributed by atoms with Gasteiger partial charge in [-0.05, 0) is 29.9 Å². The van der Waals surface area contributed by atoms with Crippen LogP contribution in [0.5, 0.6) is 0 Å². The maximum atomic E-state index is 2.23. The molecule has 0 atom stereocenters. The van der Waals surface area contributed by atoms with Crippen molar-refractivity contribution in [2.24, 2.45) is 0 Å². The van der Waals surface area contributed by atoms with Gasteiger partial charge >= 0.3 is 0 Å². The van der Waals surface area contributed by atoms with Crippen LogP contribution in [-0.4, -0.2) is 0 Å². The largest absolute Gasteiger partial charge is 0.0654 e. The van der Waals surface area contributed by atoms with Crippen molar-refractivity contribution in [3.05, 3.63) is 71.8 Å². The lowest BCUT2D eigenvalue weighted by Gasteiger charge is -2.01. The molecule has 102 valence electrons. The van der Waals surface area contributed by atoms with E-state index < -0.39 is 0 Å². The molecule has 0 aromatic heterocycles. The molecule has 0 fully saturated rings. The Morgan fingerprint density at radius 2 is 1.32 bits per heavy atom. The fourth-order valence-corrected chi connectivity index (χ4v) is 1.86. The van der Waals surface area contributed by atoms with Crippen molar-refractivity contribution >= 4 is 0 Å². The molecule has 2 rings (SSSR count). The Kier molecular flexibility index (Phi) is 7.65. The van der Waals surface area contributed by atoms with Gasteiger partial charge in [0.05, 0.1) is 0 Å². The molecule has 0 heterocycles. The lowest BCUT2D eigenvalue weighted by Crippen LogP contribution is -1.83. The predicted octanol–water partition coefficient (Wildman–Crippen LogP) is 5.84. The first-order valence-electron chi connectivity index (χ1n) is 7.33. The molecule has 19 heavy (non-hydrogen) atoms. The van der Waals surface area contributed by atoms with Crippen LogP contribution in [0.2, 0.25) is 0 Å². The van der Waals surface area contributed by atoms with Crippen LogP contribution in [0.25, 0.3) is 0 Å². The molecule has 0 N–H and O–H groups in total. The summed E-state index contributed by atoms with van der Waals surface area (Å²) >= 11 is 0. The van der Waals surface area contributed by atoms with Gasteiger partial charge in [-0.1, -0.05) is 87.9 Å². The summed E-state index contributed by atoms with van der Waals surface area (Å²) in [5.74, 6) is 0.659. The van der Waals surface area contributed by atoms with Gasteiger partial charge in [0.1, 0.15) is 0 Å². The summed E-state index contributed by atoms with van der Waals surface area (Å²) in [7, 11) is 0. The van der Waals surface area contributed by atoms with E-state index in [9.17, 15) is 0 Å². The second-order valence-corrected chi connectivity index (χ2v) is 5.15. The molecule has 0 heteroatoms. The summed E-state index contributed by atoms with van der Waals surface area (Å²) in [5.41, 5.74) is 2.88. The number of benzene rings is 2. The van der Waals surface area contributed by atoms with Crippen molar-refractivity contribution in [2.45, 2.75) is 46.0 Å². The molecule has 0 spiro atoms. The van der Waals surface area contributed by atoms with Crippen LogP contribution in [0.3, 0.4) is 0 Å². The highest BCUT2D eigenvalue weighted by molar-refractivity contribution is 5.17. The Morgan fingerprint density at radius 1 is 0.789 bits per heavy atom. The Hall–Kier alpha value is -1.56. The highest BCUT2D eigenvalue weighted by atomic mass is 14.0. The molecular weight excluding hydrogens is 228 g/mol. The summed E-state index contributed by atoms with van der Waals surface area (Å²) in [6.07, 6.45) is 3.83. The Labute approximate surface area is 118 Å². The summed E-state index contributed by atoms with van der Waals surface area (Å²) < 4.78 is 0. The number of rotatable bonds is 4. The van der Waals surface area contributed by atoms with Gasteiger partial charge in [0.25, 0.3) is 0 Å². The standard InChI is InChI=1S/C10H14.C9H12/c1-2-3-7-10-8-5-4-6-9-10;1-8(2)9-6-4-3-5-7-9/h4-6,8-9H,2-3,7H2,1H3;3-8H,1-2H3. The zero-order chi connectivity index (χ0) is 13.9. The van der Waals surface area contributed by atoms with Crippen molar-refractivity contribution in [3.8, 4) is 0 Å². The minimum atomic E-state index is 0.659. The molecule has 0 saturated heterocycles. The third-order valence-corrected chi connectivity index (χ3v) is 3.13. The van der Waals surface area contributed by atoms with Crippen molar-refractivity contribution in [1.29, 1.82) is 0 Å². The topological polar surface area (TPSA) is 0 Å². The predicted molar refractivity (Wildman–Crippen MR) is 85.6 cm³/mol. The fourth-order valence-electron chi connectivity index (χ4n) is 1.86. The average Bonchev–Trinajstić information content (AvgIpc) is 2.48. The number of hydrogen-bond donors (Lipinski definition) is 0. The van der Waals surface area contributed by atoms with Gasteiger partial charge in [0, 0.05) is 0 Å². The summed E-state index contributed by atoms with van der Waals surface area (Å²) in [6.45, 7) is 6.63. The summed E-state index contributed by atoms with van der Waals surface area (Å²) in [5, 5.41) is 0. The van der Waals surface area contributed by atoms with Gasteiger partial charge in [-0.25, -0.2) is 0 Å². The lowest BCUT2D eigenvalue weighted by molar-refractivity contribution is 0.795. The first kappa shape index (κ1) is 15.5. The summed E-state index contributed by atoms with van der Waals surface area (Å²) in [4.78, 5) is 0. The third kappa shape index (κ3) is 6.81. The quantitative estimate of drug-likeness (QED) is 0.643. The van der Waals surface area contributed by atoms with E-state index in [4.69, 9.17) is 0 Å². The van der Waals surface area contributed by atoms with E-state index in [0.717, 1.165) is 0 Å². The molecule has 0 saturated carbocycles. The molecule has 0 aliphatic heterocycles. The number of unbranched alkanes of at least 4 members (excludes halogenated alkanes) is 1. The van der Waals surface area contributed by atoms with E-state index in [1.807, 2.05) is 6.07 Å². The molecule has 0 nitrogen and oxygen atoms in total. The van der Waals surface area contributed by atoms with Crippen molar-refractivity contribution in [1.82, 2.24) is 0 Å². The molecule has 2 aromatic carbocycles. The van der Waals surface area contributed by atoms with Gasteiger partial charge in [0.2, 0.25) is 0 Å². The monoisotopic (exact) mass is 254 g/mol. The molecule has 0 radical (unpaired) electrons. The van der Waals surface area contributed by atoms with E-state index in [0.29, 0.717) is 5.92 Å². The maximum Gasteiger partial charge on any atom is -0.0219 e. The highest BCUT2D eigenvalue weighted by Crippen LogP contribution is 2.11. The Bertz CT molecular complexity index is 414. The van der Waals surface area contributed by atoms with Gasteiger partial charge in [-0.2, -0.15) is 0 Å².